The first kappa shape index (κ1) is 13.0. The highest BCUT2D eigenvalue weighted by molar-refractivity contribution is 5.38. The Morgan fingerprint density at radius 3 is 2.56 bits per heavy atom. The average Bonchev–Trinajstić information content (AvgIpc) is 2.29. The van der Waals surface area contributed by atoms with E-state index in [0.717, 1.165) is 12.2 Å². The molecule has 1 rings (SSSR count). The quantitative estimate of drug-likeness (QED) is 0.826. The largest absolute Gasteiger partial charge is 0.496 e. The van der Waals surface area contributed by atoms with E-state index in [9.17, 15) is 0 Å². The van der Waals surface area contributed by atoms with E-state index >= 15 is 0 Å². The molecule has 0 aliphatic rings. The minimum Gasteiger partial charge on any atom is -0.496 e. The summed E-state index contributed by atoms with van der Waals surface area (Å²) in [6.07, 6.45) is 0.861. The molecule has 1 atom stereocenters. The third kappa shape index (κ3) is 2.97. The summed E-state index contributed by atoms with van der Waals surface area (Å²) < 4.78 is 5.39. The van der Waals surface area contributed by atoms with E-state index in [1.54, 1.807) is 7.11 Å². The molecule has 90 valence electrons. The summed E-state index contributed by atoms with van der Waals surface area (Å²) in [5.74, 6) is 0.941. The highest BCUT2D eigenvalue weighted by Gasteiger charge is 2.10. The number of ether oxygens (including phenoxy) is 1. The maximum Gasteiger partial charge on any atom is 0.122 e. The Morgan fingerprint density at radius 1 is 1.38 bits per heavy atom. The number of hydrogen-bond acceptors (Lipinski definition) is 3. The Bertz CT molecular complexity index is 337. The molecule has 3 heteroatoms. The maximum atomic E-state index is 5.57. The Kier molecular flexibility index (Phi) is 4.77. The molecule has 0 aromatic heterocycles. The van der Waals surface area contributed by atoms with Gasteiger partial charge in [-0.25, -0.2) is 0 Å². The molecule has 1 unspecified atom stereocenters. The average molecular weight is 222 g/mol. The molecule has 0 saturated heterocycles. The molecule has 0 amide bonds. The fraction of sp³-hybridized carbons (Fsp3) is 0.538. The second kappa shape index (κ2) is 5.87. The maximum absolute atomic E-state index is 5.57. The molecule has 1 aromatic rings. The topological polar surface area (TPSA) is 38.5 Å². The van der Waals surface area contributed by atoms with Crippen LogP contribution in [0.5, 0.6) is 5.75 Å². The van der Waals surface area contributed by atoms with Gasteiger partial charge < -0.3 is 15.4 Å². The lowest BCUT2D eigenvalue weighted by molar-refractivity contribution is 0.319. The first-order chi connectivity index (χ1) is 7.60. The van der Waals surface area contributed by atoms with Crippen molar-refractivity contribution >= 4 is 0 Å². The molecule has 3 nitrogen and oxygen atoms in total. The van der Waals surface area contributed by atoms with Gasteiger partial charge in [-0.05, 0) is 51.2 Å². The van der Waals surface area contributed by atoms with Gasteiger partial charge >= 0.3 is 0 Å². The van der Waals surface area contributed by atoms with E-state index in [1.807, 2.05) is 0 Å². The van der Waals surface area contributed by atoms with Gasteiger partial charge in [-0.15, -0.1) is 0 Å². The molecule has 0 saturated carbocycles. The summed E-state index contributed by atoms with van der Waals surface area (Å²) in [7, 11) is 5.86. The minimum atomic E-state index is 0.390. The van der Waals surface area contributed by atoms with Crippen LogP contribution < -0.4 is 10.5 Å². The normalized spacial score (nSPS) is 12.9. The number of methoxy groups -OCH3 is 1. The third-order valence-electron chi connectivity index (χ3n) is 2.98. The zero-order valence-corrected chi connectivity index (χ0v) is 10.7. The Hall–Kier alpha value is -1.06. The van der Waals surface area contributed by atoms with Crippen molar-refractivity contribution in [2.45, 2.75) is 19.4 Å². The molecular weight excluding hydrogens is 200 g/mol. The van der Waals surface area contributed by atoms with Gasteiger partial charge in [0, 0.05) is 6.04 Å². The van der Waals surface area contributed by atoms with Crippen LogP contribution in [0.15, 0.2) is 18.2 Å². The first-order valence-electron chi connectivity index (χ1n) is 5.63. The predicted molar refractivity (Wildman–Crippen MR) is 67.9 cm³/mol. The Labute approximate surface area is 98.2 Å². The van der Waals surface area contributed by atoms with Gasteiger partial charge in [0.1, 0.15) is 5.75 Å². The van der Waals surface area contributed by atoms with Crippen molar-refractivity contribution in [3.05, 3.63) is 29.3 Å². The smallest absolute Gasteiger partial charge is 0.122 e. The molecule has 0 radical (unpaired) electrons. The number of nitrogens with two attached hydrogens (primary N) is 1. The molecule has 1 aromatic carbocycles. The Balaban J connectivity index is 2.99. The van der Waals surface area contributed by atoms with Gasteiger partial charge in [-0.2, -0.15) is 0 Å². The zero-order chi connectivity index (χ0) is 12.1. The summed E-state index contributed by atoms with van der Waals surface area (Å²) in [6.45, 7) is 2.83. The van der Waals surface area contributed by atoms with Crippen LogP contribution in [0.1, 0.15) is 24.1 Å². The molecule has 0 heterocycles. The molecule has 16 heavy (non-hydrogen) atoms. The number of benzene rings is 1. The lowest BCUT2D eigenvalue weighted by Crippen LogP contribution is -2.17. The summed E-state index contributed by atoms with van der Waals surface area (Å²) in [6, 6.07) is 6.76. The molecule has 0 fully saturated rings. The van der Waals surface area contributed by atoms with Gasteiger partial charge in [-0.3, -0.25) is 0 Å². The fourth-order valence-corrected chi connectivity index (χ4v) is 1.68. The van der Waals surface area contributed by atoms with E-state index in [1.165, 1.54) is 11.1 Å². The highest BCUT2D eigenvalue weighted by Crippen LogP contribution is 2.25. The van der Waals surface area contributed by atoms with Crippen molar-refractivity contribution in [2.24, 2.45) is 5.73 Å². The number of hydrogen-bond donors (Lipinski definition) is 1. The van der Waals surface area contributed by atoms with E-state index in [2.05, 4.69) is 44.1 Å². The summed E-state index contributed by atoms with van der Waals surface area (Å²) >= 11 is 0. The van der Waals surface area contributed by atoms with E-state index in [4.69, 9.17) is 10.5 Å². The molecule has 2 N–H and O–H groups in total. The standard InChI is InChI=1S/C13H22N2O/c1-10(15(2)3)12-6-5-11(7-8-14)13(9-12)16-4/h5-6,9-10H,7-8,14H2,1-4H3. The number of rotatable bonds is 5. The van der Waals surface area contributed by atoms with Gasteiger partial charge in [0.2, 0.25) is 0 Å². The molecule has 0 aliphatic heterocycles. The van der Waals surface area contributed by atoms with Gasteiger partial charge in [0.05, 0.1) is 7.11 Å². The fourth-order valence-electron chi connectivity index (χ4n) is 1.68. The van der Waals surface area contributed by atoms with Crippen LogP contribution in [0.25, 0.3) is 0 Å². The second-order valence-corrected chi connectivity index (χ2v) is 4.25. The van der Waals surface area contributed by atoms with Gasteiger partial charge in [0.25, 0.3) is 0 Å². The molecular formula is C13H22N2O. The first-order valence-corrected chi connectivity index (χ1v) is 5.63. The molecule has 0 aliphatic carbocycles. The summed E-state index contributed by atoms with van der Waals surface area (Å²) in [4.78, 5) is 2.18. The monoisotopic (exact) mass is 222 g/mol. The van der Waals surface area contributed by atoms with Crippen molar-refractivity contribution in [3.63, 3.8) is 0 Å². The molecule has 0 bridgehead atoms. The van der Waals surface area contributed by atoms with Crippen molar-refractivity contribution in [2.75, 3.05) is 27.7 Å². The second-order valence-electron chi connectivity index (χ2n) is 4.25. The van der Waals surface area contributed by atoms with Crippen LogP contribution in [0.2, 0.25) is 0 Å². The van der Waals surface area contributed by atoms with Crippen LogP contribution >= 0.6 is 0 Å². The van der Waals surface area contributed by atoms with Gasteiger partial charge in [-0.1, -0.05) is 12.1 Å². The zero-order valence-electron chi connectivity index (χ0n) is 10.7. The molecule has 0 spiro atoms. The van der Waals surface area contributed by atoms with Gasteiger partial charge in [0.15, 0.2) is 0 Å². The van der Waals surface area contributed by atoms with Crippen LogP contribution in [-0.4, -0.2) is 32.6 Å². The van der Waals surface area contributed by atoms with Crippen molar-refractivity contribution in [1.82, 2.24) is 4.90 Å². The lowest BCUT2D eigenvalue weighted by atomic mass is 10.0. The summed E-state index contributed by atoms with van der Waals surface area (Å²) in [5.41, 5.74) is 8.01. The minimum absolute atomic E-state index is 0.390. The van der Waals surface area contributed by atoms with Crippen LogP contribution in [0, 0.1) is 0 Å². The van der Waals surface area contributed by atoms with Crippen molar-refractivity contribution in [3.8, 4) is 5.75 Å². The van der Waals surface area contributed by atoms with Crippen LogP contribution in [0.3, 0.4) is 0 Å². The van der Waals surface area contributed by atoms with Crippen LogP contribution in [-0.2, 0) is 6.42 Å². The predicted octanol–water partition coefficient (Wildman–Crippen LogP) is 1.82. The Morgan fingerprint density at radius 2 is 2.06 bits per heavy atom. The van der Waals surface area contributed by atoms with Crippen LogP contribution in [0.4, 0.5) is 0 Å². The van der Waals surface area contributed by atoms with E-state index in [0.29, 0.717) is 12.6 Å². The lowest BCUT2D eigenvalue weighted by Gasteiger charge is -2.21. The summed E-state index contributed by atoms with van der Waals surface area (Å²) in [5, 5.41) is 0. The van der Waals surface area contributed by atoms with Crippen molar-refractivity contribution in [1.29, 1.82) is 0 Å². The SMILES string of the molecule is COc1cc(C(C)N(C)C)ccc1CCN. The number of nitrogens with zero attached hydrogens (tertiary/aromatic N) is 1. The highest BCUT2D eigenvalue weighted by atomic mass is 16.5. The third-order valence-corrected chi connectivity index (χ3v) is 2.98. The van der Waals surface area contributed by atoms with Crippen molar-refractivity contribution < 1.29 is 4.74 Å². The van der Waals surface area contributed by atoms with E-state index in [-0.39, 0.29) is 0 Å². The van der Waals surface area contributed by atoms with E-state index < -0.39 is 0 Å².